The Morgan fingerprint density at radius 1 is 1.19 bits per heavy atom. The molecule has 3 heterocycles. The molecular weight excluding hydrogens is 342 g/mol. The van der Waals surface area contributed by atoms with E-state index in [0.29, 0.717) is 19.4 Å². The average Bonchev–Trinajstić information content (AvgIpc) is 3.00. The van der Waals surface area contributed by atoms with Gasteiger partial charge in [-0.05, 0) is 37.4 Å². The lowest BCUT2D eigenvalue weighted by molar-refractivity contribution is -0.137. The molecule has 1 aromatic carbocycles. The Kier molecular flexibility index (Phi) is 4.66. The van der Waals surface area contributed by atoms with Crippen LogP contribution in [-0.2, 0) is 20.8 Å². The van der Waals surface area contributed by atoms with Crippen molar-refractivity contribution in [2.45, 2.75) is 31.7 Å². The normalized spacial score (nSPS) is 25.8. The van der Waals surface area contributed by atoms with Gasteiger partial charge in [-0.2, -0.15) is 0 Å². The molecule has 0 radical (unpaired) electrons. The minimum absolute atomic E-state index is 0.0567. The van der Waals surface area contributed by atoms with Crippen molar-refractivity contribution in [2.24, 2.45) is 11.8 Å². The van der Waals surface area contributed by atoms with Crippen molar-refractivity contribution in [3.8, 4) is 0 Å². The standard InChI is InChI=1S/C21H23N3O3/c1-2-3-6-12-11-16(25)24-21(27)17(20(12)26)19-18-14(9-10-22-19)13-7-4-5-8-15(13)23-18/h2,4-5,7-8,12,17,19,22-23H,1,3,6,9-11H2,(H,24,25,27). The van der Waals surface area contributed by atoms with Gasteiger partial charge in [0.05, 0.1) is 6.04 Å². The molecule has 0 spiro atoms. The highest BCUT2D eigenvalue weighted by atomic mass is 16.2. The van der Waals surface area contributed by atoms with Gasteiger partial charge in [0.25, 0.3) is 0 Å². The van der Waals surface area contributed by atoms with E-state index in [-0.39, 0.29) is 18.1 Å². The first-order valence-electron chi connectivity index (χ1n) is 9.41. The maximum atomic E-state index is 13.2. The van der Waals surface area contributed by atoms with E-state index in [2.05, 4.69) is 28.3 Å². The summed E-state index contributed by atoms with van der Waals surface area (Å²) in [5.74, 6) is -2.42. The number of Topliss-reactive ketones (excluding diaryl/α,β-unsaturated/α-hetero) is 1. The first-order valence-corrected chi connectivity index (χ1v) is 9.41. The van der Waals surface area contributed by atoms with Crippen molar-refractivity contribution in [3.05, 3.63) is 48.2 Å². The second-order valence-electron chi connectivity index (χ2n) is 7.30. The van der Waals surface area contributed by atoms with E-state index in [1.807, 2.05) is 18.2 Å². The Balaban J connectivity index is 1.75. The largest absolute Gasteiger partial charge is 0.357 e. The van der Waals surface area contributed by atoms with Crippen LogP contribution in [0.4, 0.5) is 0 Å². The second-order valence-corrected chi connectivity index (χ2v) is 7.30. The summed E-state index contributed by atoms with van der Waals surface area (Å²) in [5.41, 5.74) is 3.03. The molecule has 3 unspecified atom stereocenters. The zero-order valence-corrected chi connectivity index (χ0v) is 15.1. The van der Waals surface area contributed by atoms with E-state index in [1.165, 1.54) is 0 Å². The molecule has 1 saturated heterocycles. The minimum Gasteiger partial charge on any atom is -0.357 e. The van der Waals surface area contributed by atoms with Gasteiger partial charge in [0.1, 0.15) is 5.92 Å². The Morgan fingerprint density at radius 2 is 2.00 bits per heavy atom. The number of carbonyl (C=O) groups is 3. The van der Waals surface area contributed by atoms with Gasteiger partial charge in [0.15, 0.2) is 5.78 Å². The number of hydrogen-bond acceptors (Lipinski definition) is 4. The third-order valence-corrected chi connectivity index (χ3v) is 5.64. The summed E-state index contributed by atoms with van der Waals surface area (Å²) in [6.45, 7) is 4.38. The molecule has 140 valence electrons. The van der Waals surface area contributed by atoms with Crippen molar-refractivity contribution in [2.75, 3.05) is 6.54 Å². The highest BCUT2D eigenvalue weighted by molar-refractivity contribution is 6.12. The number of amides is 2. The number of aromatic nitrogens is 1. The van der Waals surface area contributed by atoms with Crippen molar-refractivity contribution in [3.63, 3.8) is 0 Å². The van der Waals surface area contributed by atoms with E-state index in [1.54, 1.807) is 6.08 Å². The first kappa shape index (κ1) is 17.7. The molecule has 0 aliphatic carbocycles. The predicted molar refractivity (Wildman–Crippen MR) is 102 cm³/mol. The van der Waals surface area contributed by atoms with Crippen LogP contribution in [0.25, 0.3) is 10.9 Å². The fourth-order valence-electron chi connectivity index (χ4n) is 4.35. The van der Waals surface area contributed by atoms with Crippen molar-refractivity contribution < 1.29 is 14.4 Å². The number of hydrogen-bond donors (Lipinski definition) is 3. The molecule has 4 rings (SSSR count). The molecule has 6 heteroatoms. The summed E-state index contributed by atoms with van der Waals surface area (Å²) in [4.78, 5) is 41.5. The van der Waals surface area contributed by atoms with E-state index in [4.69, 9.17) is 0 Å². The third-order valence-electron chi connectivity index (χ3n) is 5.64. The molecule has 1 fully saturated rings. The molecule has 6 nitrogen and oxygen atoms in total. The van der Waals surface area contributed by atoms with Gasteiger partial charge in [-0.25, -0.2) is 0 Å². The molecule has 2 amide bonds. The second kappa shape index (κ2) is 7.12. The predicted octanol–water partition coefficient (Wildman–Crippen LogP) is 2.17. The number of allylic oxidation sites excluding steroid dienone is 1. The number of ketones is 1. The van der Waals surface area contributed by atoms with Crippen LogP contribution in [0.2, 0.25) is 0 Å². The van der Waals surface area contributed by atoms with Gasteiger partial charge in [-0.15, -0.1) is 6.58 Å². The Morgan fingerprint density at radius 3 is 2.81 bits per heavy atom. The van der Waals surface area contributed by atoms with Gasteiger partial charge >= 0.3 is 0 Å². The molecule has 0 saturated carbocycles. The first-order chi connectivity index (χ1) is 13.1. The molecule has 2 aliphatic rings. The fourth-order valence-corrected chi connectivity index (χ4v) is 4.35. The number of fused-ring (bicyclic) bond motifs is 3. The molecule has 2 aromatic rings. The number of para-hydroxylation sites is 1. The van der Waals surface area contributed by atoms with E-state index in [0.717, 1.165) is 28.6 Å². The number of aromatic amines is 1. The monoisotopic (exact) mass is 365 g/mol. The number of rotatable bonds is 4. The summed E-state index contributed by atoms with van der Waals surface area (Å²) in [7, 11) is 0. The average molecular weight is 365 g/mol. The molecule has 3 atom stereocenters. The zero-order valence-electron chi connectivity index (χ0n) is 15.1. The lowest BCUT2D eigenvalue weighted by atomic mass is 9.81. The van der Waals surface area contributed by atoms with Crippen molar-refractivity contribution in [1.29, 1.82) is 0 Å². The SMILES string of the molecule is C=CCCC1CC(=O)NC(=O)C(C2NCCc3c2[nH]c2ccccc32)C1=O. The van der Waals surface area contributed by atoms with Gasteiger partial charge < -0.3 is 10.3 Å². The highest BCUT2D eigenvalue weighted by Crippen LogP contribution is 2.36. The molecule has 0 bridgehead atoms. The van der Waals surface area contributed by atoms with Crippen molar-refractivity contribution >= 4 is 28.5 Å². The van der Waals surface area contributed by atoms with Gasteiger partial charge in [0.2, 0.25) is 11.8 Å². The van der Waals surface area contributed by atoms with Gasteiger partial charge in [-0.1, -0.05) is 24.3 Å². The number of H-pyrrole nitrogens is 1. The zero-order chi connectivity index (χ0) is 19.0. The summed E-state index contributed by atoms with van der Waals surface area (Å²) >= 11 is 0. The summed E-state index contributed by atoms with van der Waals surface area (Å²) in [6.07, 6.45) is 3.80. The van der Waals surface area contributed by atoms with Crippen LogP contribution in [-0.4, -0.2) is 29.1 Å². The minimum atomic E-state index is -0.918. The number of imide groups is 1. The molecule has 1 aromatic heterocycles. The Hall–Kier alpha value is -2.73. The summed E-state index contributed by atoms with van der Waals surface area (Å²) in [6, 6.07) is 7.54. The maximum Gasteiger partial charge on any atom is 0.239 e. The van der Waals surface area contributed by atoms with Crippen molar-refractivity contribution in [1.82, 2.24) is 15.6 Å². The lowest BCUT2D eigenvalue weighted by Gasteiger charge is -2.30. The molecule has 27 heavy (non-hydrogen) atoms. The fraction of sp³-hybridized carbons (Fsp3) is 0.381. The van der Waals surface area contributed by atoms with Crippen LogP contribution in [0, 0.1) is 11.8 Å². The van der Waals surface area contributed by atoms with Crippen LogP contribution >= 0.6 is 0 Å². The smallest absolute Gasteiger partial charge is 0.239 e. The van der Waals surface area contributed by atoms with Crippen LogP contribution in [0.3, 0.4) is 0 Å². The number of nitrogens with one attached hydrogen (secondary N) is 3. The number of carbonyl (C=O) groups excluding carboxylic acids is 3. The summed E-state index contributed by atoms with van der Waals surface area (Å²) < 4.78 is 0. The van der Waals surface area contributed by atoms with Gasteiger partial charge in [0, 0.05) is 28.9 Å². The van der Waals surface area contributed by atoms with Gasteiger partial charge in [-0.3, -0.25) is 19.7 Å². The van der Waals surface area contributed by atoms with Crippen LogP contribution in [0.15, 0.2) is 36.9 Å². The molecule has 3 N–H and O–H groups in total. The van der Waals surface area contributed by atoms with Crippen LogP contribution in [0.5, 0.6) is 0 Å². The van der Waals surface area contributed by atoms with E-state index in [9.17, 15) is 14.4 Å². The Bertz CT molecular complexity index is 930. The lowest BCUT2D eigenvalue weighted by Crippen LogP contribution is -2.46. The molecular formula is C21H23N3O3. The summed E-state index contributed by atoms with van der Waals surface area (Å²) in [5, 5.41) is 6.88. The van der Waals surface area contributed by atoms with Crippen LogP contribution < -0.4 is 10.6 Å². The maximum absolute atomic E-state index is 13.2. The molecule has 2 aliphatic heterocycles. The Labute approximate surface area is 157 Å². The number of benzene rings is 1. The van der Waals surface area contributed by atoms with E-state index < -0.39 is 23.8 Å². The topological polar surface area (TPSA) is 91.1 Å². The highest BCUT2D eigenvalue weighted by Gasteiger charge is 2.44. The van der Waals surface area contributed by atoms with E-state index >= 15 is 0 Å². The third kappa shape index (κ3) is 3.10. The quantitative estimate of drug-likeness (QED) is 0.440. The van der Waals surface area contributed by atoms with Crippen LogP contribution in [0.1, 0.15) is 36.6 Å².